The first-order valence-electron chi connectivity index (χ1n) is 5.64. The van der Waals surface area contributed by atoms with E-state index in [4.69, 9.17) is 11.6 Å². The van der Waals surface area contributed by atoms with E-state index < -0.39 is 0 Å². The van der Waals surface area contributed by atoms with Crippen molar-refractivity contribution in [1.82, 2.24) is 0 Å². The molecule has 1 aromatic carbocycles. The van der Waals surface area contributed by atoms with Gasteiger partial charge in [-0.25, -0.2) is 0 Å². The highest BCUT2D eigenvalue weighted by molar-refractivity contribution is 6.30. The van der Waals surface area contributed by atoms with Gasteiger partial charge in [0.2, 0.25) is 0 Å². The van der Waals surface area contributed by atoms with Crippen molar-refractivity contribution in [2.75, 3.05) is 6.61 Å². The van der Waals surface area contributed by atoms with Gasteiger partial charge in [-0.3, -0.25) is 0 Å². The molecule has 0 spiro atoms. The molecule has 1 N–H and O–H groups in total. The summed E-state index contributed by atoms with van der Waals surface area (Å²) in [6.45, 7) is 0.332. The number of rotatable bonds is 3. The van der Waals surface area contributed by atoms with Gasteiger partial charge in [-0.2, -0.15) is 0 Å². The first-order chi connectivity index (χ1) is 7.27. The van der Waals surface area contributed by atoms with Crippen LogP contribution in [0.3, 0.4) is 0 Å². The molecular formula is C13H15ClO. The van der Waals surface area contributed by atoms with Crippen molar-refractivity contribution in [3.8, 4) is 0 Å². The first-order valence-corrected chi connectivity index (χ1v) is 6.02. The van der Waals surface area contributed by atoms with E-state index in [1.54, 1.807) is 0 Å². The minimum absolute atomic E-state index is 0.305. The highest BCUT2D eigenvalue weighted by atomic mass is 35.5. The molecular weight excluding hydrogens is 208 g/mol. The van der Waals surface area contributed by atoms with Crippen LogP contribution in [0.4, 0.5) is 0 Å². The highest BCUT2D eigenvalue weighted by Crippen LogP contribution is 2.65. The van der Waals surface area contributed by atoms with Gasteiger partial charge in [-0.1, -0.05) is 23.7 Å². The van der Waals surface area contributed by atoms with E-state index in [1.807, 2.05) is 12.1 Å². The lowest BCUT2D eigenvalue weighted by atomic mass is 9.88. The molecule has 0 heterocycles. The lowest BCUT2D eigenvalue weighted by Crippen LogP contribution is -2.14. The topological polar surface area (TPSA) is 20.2 Å². The van der Waals surface area contributed by atoms with Crippen LogP contribution in [0.1, 0.15) is 24.8 Å². The van der Waals surface area contributed by atoms with E-state index in [0.717, 1.165) is 17.4 Å². The second-order valence-electron chi connectivity index (χ2n) is 4.91. The fourth-order valence-electron chi connectivity index (χ4n) is 3.02. The van der Waals surface area contributed by atoms with Crippen LogP contribution < -0.4 is 0 Å². The SMILES string of the molecule is OCC1CC1(c1ccc(Cl)cc1)C1CC1. The van der Waals surface area contributed by atoms with Crippen LogP contribution in [-0.4, -0.2) is 11.7 Å². The van der Waals surface area contributed by atoms with E-state index in [-0.39, 0.29) is 0 Å². The molecule has 0 radical (unpaired) electrons. The van der Waals surface area contributed by atoms with Crippen molar-refractivity contribution in [3.05, 3.63) is 34.9 Å². The van der Waals surface area contributed by atoms with E-state index in [0.29, 0.717) is 17.9 Å². The van der Waals surface area contributed by atoms with Gasteiger partial charge >= 0.3 is 0 Å². The Morgan fingerprint density at radius 3 is 2.40 bits per heavy atom. The molecule has 1 nitrogen and oxygen atoms in total. The Morgan fingerprint density at radius 1 is 1.27 bits per heavy atom. The molecule has 80 valence electrons. The van der Waals surface area contributed by atoms with Crippen molar-refractivity contribution in [2.24, 2.45) is 11.8 Å². The maximum Gasteiger partial charge on any atom is 0.0468 e. The second-order valence-corrected chi connectivity index (χ2v) is 5.34. The smallest absolute Gasteiger partial charge is 0.0468 e. The summed E-state index contributed by atoms with van der Waals surface area (Å²) < 4.78 is 0. The molecule has 0 amide bonds. The molecule has 0 aromatic heterocycles. The van der Waals surface area contributed by atoms with E-state index in [9.17, 15) is 5.11 Å². The minimum Gasteiger partial charge on any atom is -0.396 e. The third-order valence-corrected chi connectivity index (χ3v) is 4.31. The molecule has 2 aliphatic carbocycles. The summed E-state index contributed by atoms with van der Waals surface area (Å²) in [4.78, 5) is 0. The first kappa shape index (κ1) is 9.68. The molecule has 2 heteroatoms. The zero-order valence-electron chi connectivity index (χ0n) is 8.62. The number of benzene rings is 1. The molecule has 3 rings (SSSR count). The summed E-state index contributed by atoms with van der Waals surface area (Å²) in [5, 5.41) is 10.1. The Hall–Kier alpha value is -0.530. The average Bonchev–Trinajstić information content (AvgIpc) is 3.12. The number of hydrogen-bond acceptors (Lipinski definition) is 1. The standard InChI is InChI=1S/C13H15ClO/c14-12-5-3-10(4-6-12)13(9-1-2-9)7-11(13)8-15/h3-6,9,11,15H,1-2,7-8H2. The predicted molar refractivity (Wildman–Crippen MR) is 61.0 cm³/mol. The normalized spacial score (nSPS) is 34.1. The van der Waals surface area contributed by atoms with Crippen LogP contribution in [-0.2, 0) is 5.41 Å². The van der Waals surface area contributed by atoms with Crippen molar-refractivity contribution in [3.63, 3.8) is 0 Å². The summed E-state index contributed by atoms with van der Waals surface area (Å²) in [6, 6.07) is 8.20. The van der Waals surface area contributed by atoms with Gasteiger partial charge in [-0.05, 0) is 48.8 Å². The lowest BCUT2D eigenvalue weighted by Gasteiger charge is -2.16. The zero-order valence-corrected chi connectivity index (χ0v) is 9.37. The molecule has 2 unspecified atom stereocenters. The Bertz CT molecular complexity index is 369. The van der Waals surface area contributed by atoms with Crippen LogP contribution in [0.2, 0.25) is 5.02 Å². The van der Waals surface area contributed by atoms with Gasteiger partial charge in [0.1, 0.15) is 0 Å². The third-order valence-electron chi connectivity index (χ3n) is 4.06. The molecule has 2 saturated carbocycles. The summed E-state index contributed by atoms with van der Waals surface area (Å²) in [7, 11) is 0. The van der Waals surface area contributed by atoms with Gasteiger partial charge < -0.3 is 5.11 Å². The Kier molecular flexibility index (Phi) is 2.08. The fraction of sp³-hybridized carbons (Fsp3) is 0.538. The van der Waals surface area contributed by atoms with Gasteiger partial charge in [-0.15, -0.1) is 0 Å². The second kappa shape index (κ2) is 3.23. The van der Waals surface area contributed by atoms with Gasteiger partial charge in [0, 0.05) is 17.0 Å². The molecule has 15 heavy (non-hydrogen) atoms. The predicted octanol–water partition coefficient (Wildman–Crippen LogP) is 3.00. The zero-order chi connectivity index (χ0) is 10.5. The van der Waals surface area contributed by atoms with Gasteiger partial charge in [0.05, 0.1) is 0 Å². The van der Waals surface area contributed by atoms with Crippen LogP contribution in [0, 0.1) is 11.8 Å². The van der Waals surface area contributed by atoms with E-state index in [2.05, 4.69) is 12.1 Å². The highest BCUT2D eigenvalue weighted by Gasteiger charge is 2.62. The van der Waals surface area contributed by atoms with Crippen molar-refractivity contribution in [1.29, 1.82) is 0 Å². The van der Waals surface area contributed by atoms with Crippen LogP contribution in [0.15, 0.2) is 24.3 Å². The fourth-order valence-corrected chi connectivity index (χ4v) is 3.15. The lowest BCUT2D eigenvalue weighted by molar-refractivity contribution is 0.259. The summed E-state index contributed by atoms with van der Waals surface area (Å²) >= 11 is 5.90. The maximum absolute atomic E-state index is 9.31. The Morgan fingerprint density at radius 2 is 1.93 bits per heavy atom. The molecule has 2 fully saturated rings. The van der Waals surface area contributed by atoms with E-state index >= 15 is 0 Å². The molecule has 2 aliphatic rings. The monoisotopic (exact) mass is 222 g/mol. The summed E-state index contributed by atoms with van der Waals surface area (Å²) in [6.07, 6.45) is 3.83. The molecule has 1 aromatic rings. The number of halogens is 1. The molecule has 2 atom stereocenters. The van der Waals surface area contributed by atoms with Crippen molar-refractivity contribution in [2.45, 2.75) is 24.7 Å². The molecule has 0 bridgehead atoms. The molecule has 0 aliphatic heterocycles. The number of aliphatic hydroxyl groups excluding tert-OH is 1. The van der Waals surface area contributed by atoms with Gasteiger partial charge in [0.15, 0.2) is 0 Å². The molecule has 0 saturated heterocycles. The quantitative estimate of drug-likeness (QED) is 0.834. The van der Waals surface area contributed by atoms with Crippen LogP contribution in [0.5, 0.6) is 0 Å². The largest absolute Gasteiger partial charge is 0.396 e. The summed E-state index contributed by atoms with van der Waals surface area (Å²) in [5.74, 6) is 1.31. The van der Waals surface area contributed by atoms with Gasteiger partial charge in [0.25, 0.3) is 0 Å². The summed E-state index contributed by atoms with van der Waals surface area (Å²) in [5.41, 5.74) is 1.69. The minimum atomic E-state index is 0.305. The van der Waals surface area contributed by atoms with Crippen LogP contribution >= 0.6 is 11.6 Å². The van der Waals surface area contributed by atoms with Crippen LogP contribution in [0.25, 0.3) is 0 Å². The number of hydrogen-bond donors (Lipinski definition) is 1. The number of aliphatic hydroxyl groups is 1. The maximum atomic E-state index is 9.31. The van der Waals surface area contributed by atoms with E-state index in [1.165, 1.54) is 18.4 Å². The average molecular weight is 223 g/mol. The Balaban J connectivity index is 1.93. The van der Waals surface area contributed by atoms with Crippen molar-refractivity contribution < 1.29 is 5.11 Å². The Labute approximate surface area is 95.1 Å². The third kappa shape index (κ3) is 1.41. The van der Waals surface area contributed by atoms with Crippen molar-refractivity contribution >= 4 is 11.6 Å².